The Bertz CT molecular complexity index is 937. The van der Waals surface area contributed by atoms with Crippen LogP contribution in [0.3, 0.4) is 0 Å². The van der Waals surface area contributed by atoms with Gasteiger partial charge in [0.25, 0.3) is 0 Å². The molecule has 2 heterocycles. The summed E-state index contributed by atoms with van der Waals surface area (Å²) >= 11 is 7.93. The van der Waals surface area contributed by atoms with Gasteiger partial charge < -0.3 is 4.98 Å². The maximum Gasteiger partial charge on any atom is 0.0823 e. The third-order valence-corrected chi connectivity index (χ3v) is 5.55. The molecular weight excluding hydrogens is 322 g/mol. The number of benzene rings is 2. The molecule has 1 aliphatic rings. The first-order chi connectivity index (χ1) is 11.1. The first kappa shape index (κ1) is 14.7. The van der Waals surface area contributed by atoms with Crippen LogP contribution in [0.25, 0.3) is 15.8 Å². The predicted octanol–water partition coefficient (Wildman–Crippen LogP) is 6.63. The quantitative estimate of drug-likeness (QED) is 0.519. The van der Waals surface area contributed by atoms with Crippen molar-refractivity contribution >= 4 is 39.2 Å². The van der Waals surface area contributed by atoms with Gasteiger partial charge in [-0.3, -0.25) is 0 Å². The Morgan fingerprint density at radius 1 is 1.17 bits per heavy atom. The van der Waals surface area contributed by atoms with E-state index in [-0.39, 0.29) is 5.92 Å². The van der Waals surface area contributed by atoms with E-state index in [1.807, 2.05) is 18.2 Å². The average molecular weight is 338 g/mol. The first-order valence-corrected chi connectivity index (χ1v) is 8.74. The van der Waals surface area contributed by atoms with Gasteiger partial charge in [-0.2, -0.15) is 0 Å². The summed E-state index contributed by atoms with van der Waals surface area (Å²) in [6.07, 6.45) is 2.33. The van der Waals surface area contributed by atoms with Crippen molar-refractivity contribution in [3.8, 4) is 0 Å². The van der Waals surface area contributed by atoms with Gasteiger partial charge >= 0.3 is 0 Å². The number of H-pyrrole nitrogens is 1. The summed E-state index contributed by atoms with van der Waals surface area (Å²) in [5.41, 5.74) is 4.79. The van der Waals surface area contributed by atoms with Crippen LogP contribution in [-0.2, 0) is 0 Å². The fourth-order valence-corrected chi connectivity index (χ4v) is 4.44. The van der Waals surface area contributed by atoms with Crippen molar-refractivity contribution < 1.29 is 0 Å². The van der Waals surface area contributed by atoms with E-state index in [1.54, 1.807) is 11.8 Å². The van der Waals surface area contributed by atoms with Gasteiger partial charge in [0.1, 0.15) is 0 Å². The standard InChI is InChI=1S/C20H16ClNS/c1-12(2)16-11-18(13-6-4-3-5-7-13)23-20-19(16)15-9-8-14(21)10-17(15)22-20/h3-11,16,22H,1H2,2H3. The minimum atomic E-state index is 0.219. The van der Waals surface area contributed by atoms with Gasteiger partial charge in [-0.15, -0.1) is 0 Å². The number of allylic oxidation sites excluding steroid dienone is 2. The molecule has 2 aromatic carbocycles. The Kier molecular flexibility index (Phi) is 3.59. The highest BCUT2D eigenvalue weighted by atomic mass is 35.5. The third kappa shape index (κ3) is 2.52. The molecule has 0 radical (unpaired) electrons. The molecule has 1 N–H and O–H groups in total. The molecule has 114 valence electrons. The minimum Gasteiger partial charge on any atom is -0.349 e. The molecule has 0 aliphatic carbocycles. The summed E-state index contributed by atoms with van der Waals surface area (Å²) < 4.78 is 0. The van der Waals surface area contributed by atoms with Crippen LogP contribution in [0.5, 0.6) is 0 Å². The van der Waals surface area contributed by atoms with Crippen LogP contribution in [0, 0.1) is 0 Å². The molecule has 1 unspecified atom stereocenters. The average Bonchev–Trinajstić information content (AvgIpc) is 2.91. The maximum absolute atomic E-state index is 6.15. The topological polar surface area (TPSA) is 15.8 Å². The van der Waals surface area contributed by atoms with Gasteiger partial charge in [0.15, 0.2) is 0 Å². The summed E-state index contributed by atoms with van der Waals surface area (Å²) in [4.78, 5) is 4.81. The number of rotatable bonds is 2. The van der Waals surface area contributed by atoms with E-state index in [9.17, 15) is 0 Å². The van der Waals surface area contributed by atoms with Crippen molar-refractivity contribution in [2.75, 3.05) is 0 Å². The SMILES string of the molecule is C=C(C)C1C=C(c2ccccc2)Sc2[nH]c3cc(Cl)ccc3c21. The van der Waals surface area contributed by atoms with Crippen molar-refractivity contribution in [1.82, 2.24) is 4.98 Å². The van der Waals surface area contributed by atoms with Crippen LogP contribution in [-0.4, -0.2) is 4.98 Å². The first-order valence-electron chi connectivity index (χ1n) is 7.55. The number of thioether (sulfide) groups is 1. The Hall–Kier alpha value is -1.90. The monoisotopic (exact) mass is 337 g/mol. The van der Waals surface area contributed by atoms with Crippen molar-refractivity contribution in [3.63, 3.8) is 0 Å². The molecule has 0 saturated carbocycles. The van der Waals surface area contributed by atoms with Crippen LogP contribution in [0.15, 0.2) is 71.8 Å². The number of halogens is 1. The van der Waals surface area contributed by atoms with E-state index in [0.29, 0.717) is 0 Å². The molecule has 0 saturated heterocycles. The van der Waals surface area contributed by atoms with Gasteiger partial charge in [0, 0.05) is 32.3 Å². The van der Waals surface area contributed by atoms with Crippen molar-refractivity contribution in [2.24, 2.45) is 0 Å². The number of aromatic amines is 1. The Morgan fingerprint density at radius 3 is 2.70 bits per heavy atom. The molecule has 0 fully saturated rings. The lowest BCUT2D eigenvalue weighted by atomic mass is 9.91. The van der Waals surface area contributed by atoms with E-state index in [2.05, 4.69) is 54.9 Å². The molecule has 23 heavy (non-hydrogen) atoms. The third-order valence-electron chi connectivity index (χ3n) is 4.19. The smallest absolute Gasteiger partial charge is 0.0823 e. The maximum atomic E-state index is 6.15. The second-order valence-electron chi connectivity index (χ2n) is 5.88. The Balaban J connectivity index is 1.90. The van der Waals surface area contributed by atoms with E-state index in [4.69, 9.17) is 11.6 Å². The van der Waals surface area contributed by atoms with Gasteiger partial charge in [-0.25, -0.2) is 0 Å². The molecule has 3 heteroatoms. The number of hydrogen-bond donors (Lipinski definition) is 1. The van der Waals surface area contributed by atoms with Crippen molar-refractivity contribution in [2.45, 2.75) is 17.9 Å². The number of fused-ring (bicyclic) bond motifs is 3. The predicted molar refractivity (Wildman–Crippen MR) is 101 cm³/mol. The number of hydrogen-bond acceptors (Lipinski definition) is 1. The Morgan fingerprint density at radius 2 is 1.96 bits per heavy atom. The highest BCUT2D eigenvalue weighted by molar-refractivity contribution is 8.08. The zero-order valence-electron chi connectivity index (χ0n) is 12.8. The van der Waals surface area contributed by atoms with E-state index < -0.39 is 0 Å². The number of aromatic nitrogens is 1. The van der Waals surface area contributed by atoms with Crippen molar-refractivity contribution in [3.05, 3.63) is 82.9 Å². The lowest BCUT2D eigenvalue weighted by molar-refractivity contribution is 0.958. The highest BCUT2D eigenvalue weighted by Crippen LogP contribution is 2.49. The lowest BCUT2D eigenvalue weighted by Gasteiger charge is -2.22. The normalized spacial score (nSPS) is 17.0. The van der Waals surface area contributed by atoms with Crippen LogP contribution in [0.4, 0.5) is 0 Å². The van der Waals surface area contributed by atoms with E-state index in [0.717, 1.165) is 16.1 Å². The van der Waals surface area contributed by atoms with Crippen LogP contribution < -0.4 is 0 Å². The molecule has 1 aliphatic heterocycles. The molecule has 1 nitrogen and oxygen atoms in total. The summed E-state index contributed by atoms with van der Waals surface area (Å²) in [7, 11) is 0. The fraction of sp³-hybridized carbons (Fsp3) is 0.100. The highest BCUT2D eigenvalue weighted by Gasteiger charge is 2.26. The fourth-order valence-electron chi connectivity index (χ4n) is 3.08. The van der Waals surface area contributed by atoms with Crippen LogP contribution >= 0.6 is 23.4 Å². The van der Waals surface area contributed by atoms with Gasteiger partial charge in [0.05, 0.1) is 5.03 Å². The zero-order chi connectivity index (χ0) is 16.0. The Labute approximate surface area is 145 Å². The minimum absolute atomic E-state index is 0.219. The second kappa shape index (κ2) is 5.63. The molecule has 0 amide bonds. The summed E-state index contributed by atoms with van der Waals surface area (Å²) in [6, 6.07) is 16.6. The molecule has 1 atom stereocenters. The molecule has 3 aromatic rings. The van der Waals surface area contributed by atoms with Gasteiger partial charge in [0.2, 0.25) is 0 Å². The summed E-state index contributed by atoms with van der Waals surface area (Å²) in [5, 5.41) is 3.18. The van der Waals surface area contributed by atoms with Gasteiger partial charge in [-0.05, 0) is 24.6 Å². The van der Waals surface area contributed by atoms with E-state index in [1.165, 1.54) is 26.4 Å². The lowest BCUT2D eigenvalue weighted by Crippen LogP contribution is -2.02. The molecule has 0 spiro atoms. The summed E-state index contributed by atoms with van der Waals surface area (Å²) in [6.45, 7) is 6.31. The second-order valence-corrected chi connectivity index (χ2v) is 7.37. The van der Waals surface area contributed by atoms with Crippen LogP contribution in [0.2, 0.25) is 5.02 Å². The van der Waals surface area contributed by atoms with Crippen molar-refractivity contribution in [1.29, 1.82) is 0 Å². The zero-order valence-corrected chi connectivity index (χ0v) is 14.3. The van der Waals surface area contributed by atoms with E-state index >= 15 is 0 Å². The summed E-state index contributed by atoms with van der Waals surface area (Å²) in [5.74, 6) is 0.219. The molecular formula is C20H16ClNS. The number of nitrogens with one attached hydrogen (secondary N) is 1. The van der Waals surface area contributed by atoms with Gasteiger partial charge in [-0.1, -0.05) is 78.0 Å². The van der Waals surface area contributed by atoms with Crippen LogP contribution in [0.1, 0.15) is 24.0 Å². The molecule has 1 aromatic heterocycles. The molecule has 4 rings (SSSR count). The largest absolute Gasteiger partial charge is 0.349 e. The molecule has 0 bridgehead atoms.